The molecule has 0 aliphatic carbocycles. The Kier molecular flexibility index (Phi) is 5.91. The Morgan fingerprint density at radius 1 is 1.61 bits per heavy atom. The van der Waals surface area contributed by atoms with Gasteiger partial charge in [-0.05, 0) is 12.1 Å². The summed E-state index contributed by atoms with van der Waals surface area (Å²) in [6.45, 7) is 1.61. The number of aliphatic hydroxyl groups excluding tert-OH is 1. The Morgan fingerprint density at radius 3 is 2.78 bits per heavy atom. The molecule has 0 amide bonds. The topological polar surface area (TPSA) is 46.5 Å². The fourth-order valence-electron chi connectivity index (χ4n) is 1.39. The number of aliphatic hydroxyl groups is 1. The molecule has 1 rings (SSSR count). The van der Waals surface area contributed by atoms with E-state index < -0.39 is 17.0 Å². The molecule has 1 aromatic carbocycles. The van der Waals surface area contributed by atoms with E-state index in [-0.39, 0.29) is 22.4 Å². The molecule has 0 heterocycles. The first-order valence-corrected chi connectivity index (χ1v) is 6.61. The van der Waals surface area contributed by atoms with Crippen LogP contribution in [0.2, 0.25) is 5.02 Å². The van der Waals surface area contributed by atoms with Gasteiger partial charge in [0, 0.05) is 15.8 Å². The summed E-state index contributed by atoms with van der Waals surface area (Å²) >= 11 is 7.04. The number of hydrogen-bond acceptors (Lipinski definition) is 4. The molecule has 1 N–H and O–H groups in total. The molecule has 0 aliphatic heterocycles. The SMILES string of the molecule is COC(=O)[C@H](S[C@@H](C)CO)c1c(F)cccc1Cl. The Balaban J connectivity index is 3.13. The summed E-state index contributed by atoms with van der Waals surface area (Å²) in [4.78, 5) is 11.7. The lowest BCUT2D eigenvalue weighted by Crippen LogP contribution is -2.17. The molecule has 0 bridgehead atoms. The van der Waals surface area contributed by atoms with Crippen LogP contribution < -0.4 is 0 Å². The summed E-state index contributed by atoms with van der Waals surface area (Å²) in [5.74, 6) is -1.15. The number of ether oxygens (including phenoxy) is 1. The van der Waals surface area contributed by atoms with Crippen LogP contribution in [0.25, 0.3) is 0 Å². The van der Waals surface area contributed by atoms with Crippen molar-refractivity contribution in [3.8, 4) is 0 Å². The maximum Gasteiger partial charge on any atom is 0.323 e. The van der Waals surface area contributed by atoms with E-state index in [1.807, 2.05) is 0 Å². The fourth-order valence-corrected chi connectivity index (χ4v) is 2.86. The Hall–Kier alpha value is -0.780. The largest absolute Gasteiger partial charge is 0.468 e. The molecule has 18 heavy (non-hydrogen) atoms. The highest BCUT2D eigenvalue weighted by molar-refractivity contribution is 8.00. The van der Waals surface area contributed by atoms with E-state index in [2.05, 4.69) is 4.74 Å². The predicted molar refractivity (Wildman–Crippen MR) is 70.3 cm³/mol. The molecule has 0 saturated heterocycles. The predicted octanol–water partition coefficient (Wildman–Crippen LogP) is 2.81. The van der Waals surface area contributed by atoms with Gasteiger partial charge < -0.3 is 9.84 Å². The minimum atomic E-state index is -0.883. The van der Waals surface area contributed by atoms with E-state index in [0.717, 1.165) is 11.8 Å². The van der Waals surface area contributed by atoms with Gasteiger partial charge in [0.2, 0.25) is 0 Å². The number of esters is 1. The number of thioether (sulfide) groups is 1. The van der Waals surface area contributed by atoms with Crippen molar-refractivity contribution in [2.24, 2.45) is 0 Å². The average molecular weight is 293 g/mol. The van der Waals surface area contributed by atoms with Crippen LogP contribution >= 0.6 is 23.4 Å². The van der Waals surface area contributed by atoms with E-state index >= 15 is 0 Å². The van der Waals surface area contributed by atoms with Crippen LogP contribution in [0, 0.1) is 5.82 Å². The van der Waals surface area contributed by atoms with Gasteiger partial charge in [-0.15, -0.1) is 11.8 Å². The lowest BCUT2D eigenvalue weighted by molar-refractivity contribution is -0.140. The molecule has 0 radical (unpaired) electrons. The van der Waals surface area contributed by atoms with E-state index in [4.69, 9.17) is 16.7 Å². The van der Waals surface area contributed by atoms with E-state index in [1.54, 1.807) is 6.92 Å². The van der Waals surface area contributed by atoms with Crippen LogP contribution in [0.4, 0.5) is 4.39 Å². The van der Waals surface area contributed by atoms with Crippen LogP contribution in [0.5, 0.6) is 0 Å². The first-order valence-electron chi connectivity index (χ1n) is 5.29. The van der Waals surface area contributed by atoms with E-state index in [0.29, 0.717) is 0 Å². The summed E-state index contributed by atoms with van der Waals surface area (Å²) in [6, 6.07) is 4.22. The van der Waals surface area contributed by atoms with Crippen LogP contribution in [-0.2, 0) is 9.53 Å². The fraction of sp³-hybridized carbons (Fsp3) is 0.417. The molecule has 1 aromatic rings. The number of benzene rings is 1. The number of hydrogen-bond donors (Lipinski definition) is 1. The normalized spacial score (nSPS) is 14.1. The third kappa shape index (κ3) is 3.60. The van der Waals surface area contributed by atoms with Crippen molar-refractivity contribution in [2.45, 2.75) is 17.4 Å². The van der Waals surface area contributed by atoms with Gasteiger partial charge >= 0.3 is 5.97 Å². The average Bonchev–Trinajstić information content (AvgIpc) is 2.36. The number of carbonyl (C=O) groups excluding carboxylic acids is 1. The summed E-state index contributed by atoms with van der Waals surface area (Å²) < 4.78 is 18.4. The highest BCUT2D eigenvalue weighted by atomic mass is 35.5. The van der Waals surface area contributed by atoms with Gasteiger partial charge in [-0.25, -0.2) is 4.39 Å². The number of halogens is 2. The minimum absolute atomic E-state index is 0.0938. The third-order valence-corrected chi connectivity index (χ3v) is 3.95. The Morgan fingerprint density at radius 2 is 2.28 bits per heavy atom. The van der Waals surface area contributed by atoms with Crippen molar-refractivity contribution in [3.05, 3.63) is 34.6 Å². The van der Waals surface area contributed by atoms with Crippen LogP contribution in [0.1, 0.15) is 17.7 Å². The lowest BCUT2D eigenvalue weighted by Gasteiger charge is -2.19. The zero-order valence-electron chi connectivity index (χ0n) is 10.0. The standard InChI is InChI=1S/C12H14ClFO3S/c1-7(6-15)18-11(12(16)17-2)10-8(13)4-3-5-9(10)14/h3-5,7,11,15H,6H2,1-2H3/t7-,11+/m0/s1. The Labute approximate surface area is 114 Å². The second-order valence-corrected chi connectivity index (χ2v) is 5.62. The van der Waals surface area contributed by atoms with Crippen molar-refractivity contribution >= 4 is 29.3 Å². The molecule has 6 heteroatoms. The molecule has 0 unspecified atom stereocenters. The molecular formula is C12H14ClFO3S. The number of rotatable bonds is 5. The summed E-state index contributed by atoms with van der Waals surface area (Å²) in [6.07, 6.45) is 0. The lowest BCUT2D eigenvalue weighted by atomic mass is 10.1. The third-order valence-electron chi connectivity index (χ3n) is 2.30. The maximum absolute atomic E-state index is 13.8. The molecule has 0 aliphatic rings. The smallest absolute Gasteiger partial charge is 0.323 e. The summed E-state index contributed by atoms with van der Waals surface area (Å²) in [7, 11) is 1.23. The first-order chi connectivity index (χ1) is 8.51. The van der Waals surface area contributed by atoms with Gasteiger partial charge in [0.25, 0.3) is 0 Å². The van der Waals surface area contributed by atoms with Crippen LogP contribution in [-0.4, -0.2) is 30.0 Å². The zero-order valence-corrected chi connectivity index (χ0v) is 11.6. The summed E-state index contributed by atoms with van der Waals surface area (Å²) in [5.41, 5.74) is 0.0938. The van der Waals surface area contributed by atoms with Gasteiger partial charge in [0.05, 0.1) is 13.7 Å². The Bertz CT molecular complexity index is 408. The highest BCUT2D eigenvalue weighted by Crippen LogP contribution is 2.38. The molecule has 3 nitrogen and oxygen atoms in total. The second kappa shape index (κ2) is 6.97. The van der Waals surface area contributed by atoms with Crippen molar-refractivity contribution in [1.29, 1.82) is 0 Å². The van der Waals surface area contributed by atoms with Gasteiger partial charge in [-0.3, -0.25) is 4.79 Å². The van der Waals surface area contributed by atoms with Gasteiger partial charge in [-0.2, -0.15) is 0 Å². The summed E-state index contributed by atoms with van der Waals surface area (Å²) in [5, 5.41) is 8.08. The molecule has 0 spiro atoms. The molecule has 2 atom stereocenters. The molecule has 0 saturated carbocycles. The van der Waals surface area contributed by atoms with E-state index in [1.165, 1.54) is 25.3 Å². The van der Waals surface area contributed by atoms with Crippen molar-refractivity contribution < 1.29 is 19.0 Å². The van der Waals surface area contributed by atoms with Gasteiger partial charge in [0.15, 0.2) is 0 Å². The van der Waals surface area contributed by atoms with Crippen molar-refractivity contribution in [2.75, 3.05) is 13.7 Å². The minimum Gasteiger partial charge on any atom is -0.468 e. The maximum atomic E-state index is 13.8. The first kappa shape index (κ1) is 15.3. The zero-order chi connectivity index (χ0) is 13.7. The second-order valence-electron chi connectivity index (χ2n) is 3.67. The van der Waals surface area contributed by atoms with Crippen molar-refractivity contribution in [3.63, 3.8) is 0 Å². The van der Waals surface area contributed by atoms with Crippen LogP contribution in [0.15, 0.2) is 18.2 Å². The molecule has 0 aromatic heterocycles. The molecule has 0 fully saturated rings. The quantitative estimate of drug-likeness (QED) is 0.848. The number of carbonyl (C=O) groups is 1. The molecular weight excluding hydrogens is 279 g/mol. The van der Waals surface area contributed by atoms with Gasteiger partial charge in [-0.1, -0.05) is 24.6 Å². The monoisotopic (exact) mass is 292 g/mol. The number of methoxy groups -OCH3 is 1. The van der Waals surface area contributed by atoms with Crippen LogP contribution in [0.3, 0.4) is 0 Å². The van der Waals surface area contributed by atoms with Crippen molar-refractivity contribution in [1.82, 2.24) is 0 Å². The molecule has 100 valence electrons. The highest BCUT2D eigenvalue weighted by Gasteiger charge is 2.29. The van der Waals surface area contributed by atoms with Gasteiger partial charge in [0.1, 0.15) is 11.1 Å². The van der Waals surface area contributed by atoms with E-state index in [9.17, 15) is 9.18 Å².